The van der Waals surface area contributed by atoms with Gasteiger partial charge in [0.05, 0.1) is 22.6 Å². The van der Waals surface area contributed by atoms with Gasteiger partial charge in [0.25, 0.3) is 15.7 Å². The lowest BCUT2D eigenvalue weighted by Gasteiger charge is -2.34. The lowest BCUT2D eigenvalue weighted by Crippen LogP contribution is -2.54. The first-order valence-corrected chi connectivity index (χ1v) is 18.6. The van der Waals surface area contributed by atoms with E-state index in [0.717, 1.165) is 41.6 Å². The quantitative estimate of drug-likeness (QED) is 0.107. The lowest BCUT2D eigenvalue weighted by atomic mass is 10.0. The van der Waals surface area contributed by atoms with Crippen molar-refractivity contribution in [2.24, 2.45) is 0 Å². The highest BCUT2D eigenvalue weighted by Gasteiger charge is 2.36. The van der Waals surface area contributed by atoms with Gasteiger partial charge in [-0.1, -0.05) is 78.5 Å². The molecule has 5 rings (SSSR count). The molecule has 1 aliphatic carbocycles. The third-order valence-electron chi connectivity index (χ3n) is 8.93. The van der Waals surface area contributed by atoms with E-state index in [-0.39, 0.29) is 51.8 Å². The molecule has 4 aromatic rings. The number of hydrogen-bond donors (Lipinski definition) is 1. The van der Waals surface area contributed by atoms with Crippen LogP contribution < -0.4 is 14.4 Å². The van der Waals surface area contributed by atoms with Gasteiger partial charge < -0.3 is 15.0 Å². The normalized spacial score (nSPS) is 13.7. The van der Waals surface area contributed by atoms with Gasteiger partial charge in [-0.25, -0.2) is 8.42 Å². The van der Waals surface area contributed by atoms with Crippen LogP contribution in [-0.4, -0.2) is 55.8 Å². The van der Waals surface area contributed by atoms with Crippen molar-refractivity contribution < 1.29 is 27.7 Å². The molecule has 1 atom stereocenters. The molecule has 1 fully saturated rings. The van der Waals surface area contributed by atoms with E-state index in [1.165, 1.54) is 49.3 Å². The maximum absolute atomic E-state index is 14.8. The van der Waals surface area contributed by atoms with Gasteiger partial charge in [-0.2, -0.15) is 0 Å². The van der Waals surface area contributed by atoms with E-state index in [2.05, 4.69) is 5.32 Å². The summed E-state index contributed by atoms with van der Waals surface area (Å²) in [6.07, 6.45) is 3.71. The van der Waals surface area contributed by atoms with Crippen LogP contribution in [0, 0.1) is 17.0 Å². The van der Waals surface area contributed by atoms with Crippen LogP contribution in [0.25, 0.3) is 0 Å². The lowest BCUT2D eigenvalue weighted by molar-refractivity contribution is -0.385. The summed E-state index contributed by atoms with van der Waals surface area (Å²) in [7, 11) is -3.13. The zero-order chi connectivity index (χ0) is 36.7. The first-order valence-electron chi connectivity index (χ1n) is 16.4. The number of ether oxygens (including phenoxy) is 1. The molecule has 0 aromatic heterocycles. The van der Waals surface area contributed by atoms with Gasteiger partial charge in [0.2, 0.25) is 11.8 Å². The Labute approximate surface area is 307 Å². The molecule has 0 bridgehead atoms. The highest BCUT2D eigenvalue weighted by Crippen LogP contribution is 2.31. The minimum Gasteiger partial charge on any atom is -0.497 e. The Bertz CT molecular complexity index is 1990. The third-order valence-corrected chi connectivity index (χ3v) is 11.3. The molecule has 51 heavy (non-hydrogen) atoms. The van der Waals surface area contributed by atoms with Gasteiger partial charge in [0.15, 0.2) is 0 Å². The van der Waals surface area contributed by atoms with E-state index in [1.54, 1.807) is 24.3 Å². The number of carbonyl (C=O) groups excluding carboxylic acids is 2. The van der Waals surface area contributed by atoms with Crippen LogP contribution in [0.3, 0.4) is 0 Å². The summed E-state index contributed by atoms with van der Waals surface area (Å²) in [5.74, 6) is -0.638. The number of rotatable bonds is 14. The van der Waals surface area contributed by atoms with Crippen LogP contribution in [0.4, 0.5) is 11.4 Å². The van der Waals surface area contributed by atoms with Gasteiger partial charge >= 0.3 is 0 Å². The molecule has 0 aliphatic heterocycles. The third kappa shape index (κ3) is 9.18. The van der Waals surface area contributed by atoms with Crippen molar-refractivity contribution in [2.75, 3.05) is 18.0 Å². The summed E-state index contributed by atoms with van der Waals surface area (Å²) in [6, 6.07) is 22.5. The summed E-state index contributed by atoms with van der Waals surface area (Å²) >= 11 is 12.8. The second-order valence-electron chi connectivity index (χ2n) is 12.4. The summed E-state index contributed by atoms with van der Waals surface area (Å²) in [6.45, 7) is 0.614. The van der Waals surface area contributed by atoms with Gasteiger partial charge in [-0.05, 0) is 73.4 Å². The fourth-order valence-corrected chi connectivity index (χ4v) is 8.01. The first-order chi connectivity index (χ1) is 24.4. The molecule has 4 aromatic carbocycles. The highest BCUT2D eigenvalue weighted by molar-refractivity contribution is 7.92. The Hall–Kier alpha value is -4.65. The number of nitro benzene ring substituents is 1. The number of nitro groups is 1. The van der Waals surface area contributed by atoms with Crippen LogP contribution >= 0.6 is 23.2 Å². The first kappa shape index (κ1) is 37.6. The van der Waals surface area contributed by atoms with E-state index in [0.29, 0.717) is 16.3 Å². The number of nitrogens with one attached hydrogen (secondary N) is 1. The zero-order valence-electron chi connectivity index (χ0n) is 28.1. The number of amides is 2. The Morgan fingerprint density at radius 3 is 2.29 bits per heavy atom. The molecule has 1 saturated carbocycles. The summed E-state index contributed by atoms with van der Waals surface area (Å²) in [4.78, 5) is 41.0. The van der Waals surface area contributed by atoms with E-state index < -0.39 is 33.4 Å². The number of methoxy groups -OCH3 is 1. The molecule has 2 amide bonds. The predicted octanol–water partition coefficient (Wildman–Crippen LogP) is 7.11. The molecular formula is C37H38Cl2N4O7S. The topological polar surface area (TPSA) is 139 Å². The fourth-order valence-electron chi connectivity index (χ4n) is 6.11. The summed E-state index contributed by atoms with van der Waals surface area (Å²) < 4.78 is 34.9. The van der Waals surface area contributed by atoms with Crippen molar-refractivity contribution in [3.05, 3.63) is 128 Å². The van der Waals surface area contributed by atoms with Crippen LogP contribution in [0.2, 0.25) is 10.0 Å². The van der Waals surface area contributed by atoms with Crippen LogP contribution in [-0.2, 0) is 32.6 Å². The van der Waals surface area contributed by atoms with Gasteiger partial charge in [-0.3, -0.25) is 24.0 Å². The van der Waals surface area contributed by atoms with Crippen molar-refractivity contribution in [1.29, 1.82) is 0 Å². The SMILES string of the molecule is COc1ccc(N(CC(=O)N(Cc2ccc(Cl)cc2Cl)C(Cc2ccccc2)C(=O)NC2CCCC2)S(=O)(=O)c2ccc(C)c([N+](=O)[O-])c2)cc1. The minimum absolute atomic E-state index is 0.0552. The summed E-state index contributed by atoms with van der Waals surface area (Å²) in [5, 5.41) is 15.5. The average molecular weight is 754 g/mol. The zero-order valence-corrected chi connectivity index (χ0v) is 30.5. The number of aryl methyl sites for hydroxylation is 1. The van der Waals surface area contributed by atoms with Crippen molar-refractivity contribution in [3.63, 3.8) is 0 Å². The Morgan fingerprint density at radius 1 is 0.980 bits per heavy atom. The average Bonchev–Trinajstić information content (AvgIpc) is 3.63. The number of anilines is 1. The molecule has 268 valence electrons. The van der Waals surface area contributed by atoms with Crippen molar-refractivity contribution in [1.82, 2.24) is 10.2 Å². The Kier molecular flexibility index (Phi) is 12.2. The summed E-state index contributed by atoms with van der Waals surface area (Å²) in [5.41, 5.74) is 1.27. The minimum atomic E-state index is -4.59. The monoisotopic (exact) mass is 752 g/mol. The molecular weight excluding hydrogens is 715 g/mol. The maximum Gasteiger partial charge on any atom is 0.273 e. The highest BCUT2D eigenvalue weighted by atomic mass is 35.5. The van der Waals surface area contributed by atoms with Gasteiger partial charge in [-0.15, -0.1) is 0 Å². The predicted molar refractivity (Wildman–Crippen MR) is 197 cm³/mol. The molecule has 0 saturated heterocycles. The largest absolute Gasteiger partial charge is 0.497 e. The molecule has 1 aliphatic rings. The maximum atomic E-state index is 14.8. The number of sulfonamides is 1. The van der Waals surface area contributed by atoms with Crippen molar-refractivity contribution >= 4 is 56.4 Å². The van der Waals surface area contributed by atoms with Crippen LogP contribution in [0.1, 0.15) is 42.4 Å². The van der Waals surface area contributed by atoms with E-state index in [4.69, 9.17) is 27.9 Å². The van der Waals surface area contributed by atoms with Crippen molar-refractivity contribution in [3.8, 4) is 5.75 Å². The van der Waals surface area contributed by atoms with E-state index in [1.807, 2.05) is 30.3 Å². The molecule has 1 N–H and O–H groups in total. The number of halogens is 2. The number of carbonyl (C=O) groups is 2. The molecule has 0 radical (unpaired) electrons. The smallest absolute Gasteiger partial charge is 0.273 e. The van der Waals surface area contributed by atoms with E-state index in [9.17, 15) is 28.1 Å². The van der Waals surface area contributed by atoms with Gasteiger partial charge in [0.1, 0.15) is 18.3 Å². The molecule has 11 nitrogen and oxygen atoms in total. The van der Waals surface area contributed by atoms with Gasteiger partial charge in [0, 0.05) is 40.7 Å². The Balaban J connectivity index is 1.61. The molecule has 14 heteroatoms. The number of nitrogens with zero attached hydrogens (tertiary/aromatic N) is 3. The van der Waals surface area contributed by atoms with Crippen LogP contribution in [0.15, 0.2) is 95.9 Å². The molecule has 0 spiro atoms. The molecule has 0 heterocycles. The standard InChI is InChI=1S/C37H38Cl2N4O7S/c1-25-12-19-32(22-34(25)43(46)47)51(48,49)42(30-15-17-31(50-2)18-16-30)24-36(44)41(23-27-13-14-28(38)21-33(27)39)35(20-26-8-4-3-5-9-26)37(45)40-29-10-6-7-11-29/h3-5,8-9,12-19,21-22,29,35H,6-7,10-11,20,23-24H2,1-2H3,(H,40,45). The second kappa shape index (κ2) is 16.6. The fraction of sp³-hybridized carbons (Fsp3) is 0.297. The van der Waals surface area contributed by atoms with E-state index >= 15 is 0 Å². The molecule has 1 unspecified atom stereocenters. The van der Waals surface area contributed by atoms with Crippen molar-refractivity contribution in [2.45, 2.75) is 62.6 Å². The Morgan fingerprint density at radius 2 is 1.67 bits per heavy atom. The second-order valence-corrected chi connectivity index (χ2v) is 15.1. The number of benzene rings is 4. The number of hydrogen-bond acceptors (Lipinski definition) is 7. The van der Waals surface area contributed by atoms with Crippen LogP contribution in [0.5, 0.6) is 5.75 Å².